The van der Waals surface area contributed by atoms with Crippen molar-refractivity contribution in [2.24, 2.45) is 0 Å². The third-order valence-corrected chi connectivity index (χ3v) is 5.98. The molecule has 3 aromatic rings. The number of rotatable bonds is 1. The molecule has 5 heteroatoms. The molecular formula is C19H17BrN4. The van der Waals surface area contributed by atoms with Gasteiger partial charge in [-0.05, 0) is 47.2 Å². The molecule has 0 amide bonds. The number of fused-ring (bicyclic) bond motifs is 2. The van der Waals surface area contributed by atoms with E-state index < -0.39 is 0 Å². The number of benzene rings is 1. The molecule has 24 heavy (non-hydrogen) atoms. The van der Waals surface area contributed by atoms with Gasteiger partial charge >= 0.3 is 0 Å². The lowest BCUT2D eigenvalue weighted by atomic mass is 9.85. The average Bonchev–Trinajstić information content (AvgIpc) is 2.97. The molecule has 0 bridgehead atoms. The Kier molecular flexibility index (Phi) is 3.31. The third kappa shape index (κ3) is 2.08. The Bertz CT molecular complexity index is 917. The van der Waals surface area contributed by atoms with E-state index in [2.05, 4.69) is 73.0 Å². The van der Waals surface area contributed by atoms with Crippen LogP contribution < -0.4 is 5.32 Å². The van der Waals surface area contributed by atoms with Crippen LogP contribution in [0.15, 0.2) is 47.2 Å². The first-order chi connectivity index (χ1) is 11.8. The number of halogens is 1. The van der Waals surface area contributed by atoms with Crippen LogP contribution in [-0.4, -0.2) is 21.7 Å². The topological polar surface area (TPSA) is 53.6 Å². The summed E-state index contributed by atoms with van der Waals surface area (Å²) in [5, 5.41) is 12.3. The van der Waals surface area contributed by atoms with Gasteiger partial charge in [0.25, 0.3) is 0 Å². The number of H-pyrrole nitrogens is 1. The molecule has 0 fully saturated rings. The summed E-state index contributed by atoms with van der Waals surface area (Å²) in [5.74, 6) is 0.318. The van der Waals surface area contributed by atoms with Crippen LogP contribution in [0.5, 0.6) is 0 Å². The summed E-state index contributed by atoms with van der Waals surface area (Å²) in [5.41, 5.74) is 7.81. The molecule has 0 radical (unpaired) electrons. The Morgan fingerprint density at radius 2 is 1.96 bits per heavy atom. The first-order valence-electron chi connectivity index (χ1n) is 8.31. The number of hydrogen-bond acceptors (Lipinski definition) is 3. The Morgan fingerprint density at radius 1 is 1.08 bits per heavy atom. The van der Waals surface area contributed by atoms with E-state index in [0.717, 1.165) is 29.6 Å². The lowest BCUT2D eigenvalue weighted by Gasteiger charge is -2.31. The normalized spacial score (nSPS) is 21.7. The van der Waals surface area contributed by atoms with Crippen LogP contribution in [0.4, 0.5) is 0 Å². The van der Waals surface area contributed by atoms with Gasteiger partial charge in [-0.3, -0.25) is 0 Å². The maximum absolute atomic E-state index is 4.46. The van der Waals surface area contributed by atoms with Gasteiger partial charge in [0.05, 0.1) is 11.7 Å². The van der Waals surface area contributed by atoms with E-state index in [4.69, 9.17) is 0 Å². The van der Waals surface area contributed by atoms with E-state index in [9.17, 15) is 0 Å². The lowest BCUT2D eigenvalue weighted by Crippen LogP contribution is -2.35. The fourth-order valence-electron chi connectivity index (χ4n) is 4.12. The summed E-state index contributed by atoms with van der Waals surface area (Å²) in [6, 6.07) is 10.7. The van der Waals surface area contributed by atoms with E-state index in [1.807, 2.05) is 0 Å². The number of aromatic nitrogens is 3. The maximum Gasteiger partial charge on any atom is 0.0878 e. The van der Waals surface area contributed by atoms with Crippen molar-refractivity contribution in [2.45, 2.75) is 24.8 Å². The van der Waals surface area contributed by atoms with Crippen LogP contribution in [0, 0.1) is 0 Å². The summed E-state index contributed by atoms with van der Waals surface area (Å²) in [6.45, 7) is 0.885. The van der Waals surface area contributed by atoms with E-state index in [1.165, 1.54) is 27.9 Å². The summed E-state index contributed by atoms with van der Waals surface area (Å²) in [6.07, 6.45) is 6.06. The van der Waals surface area contributed by atoms with Crippen molar-refractivity contribution < 1.29 is 0 Å². The van der Waals surface area contributed by atoms with Gasteiger partial charge in [-0.15, -0.1) is 0 Å². The Labute approximate surface area is 148 Å². The summed E-state index contributed by atoms with van der Waals surface area (Å²) in [7, 11) is 0. The monoisotopic (exact) mass is 380 g/mol. The molecule has 2 aromatic heterocycles. The maximum atomic E-state index is 4.46. The average molecular weight is 381 g/mol. The van der Waals surface area contributed by atoms with E-state index in [1.54, 1.807) is 6.20 Å². The predicted molar refractivity (Wildman–Crippen MR) is 96.1 cm³/mol. The molecule has 4 nitrogen and oxygen atoms in total. The molecule has 1 aliphatic heterocycles. The predicted octanol–water partition coefficient (Wildman–Crippen LogP) is 3.49. The smallest absolute Gasteiger partial charge is 0.0878 e. The number of aromatic amines is 1. The quantitative estimate of drug-likeness (QED) is 0.679. The zero-order valence-corrected chi connectivity index (χ0v) is 14.7. The molecule has 0 saturated heterocycles. The molecule has 2 atom stereocenters. The fraction of sp³-hybridized carbons (Fsp3) is 0.263. The number of nitrogens with zero attached hydrogens (tertiary/aromatic N) is 2. The van der Waals surface area contributed by atoms with Gasteiger partial charge in [0.1, 0.15) is 0 Å². The van der Waals surface area contributed by atoms with Crippen LogP contribution >= 0.6 is 15.9 Å². The van der Waals surface area contributed by atoms with Gasteiger partial charge in [0.15, 0.2) is 0 Å². The molecular weight excluding hydrogens is 364 g/mol. The summed E-state index contributed by atoms with van der Waals surface area (Å²) < 4.78 is 1.16. The van der Waals surface area contributed by atoms with Gasteiger partial charge in [-0.2, -0.15) is 10.2 Å². The number of aryl methyl sites for hydroxylation is 2. The molecule has 2 unspecified atom stereocenters. The zero-order chi connectivity index (χ0) is 16.1. The van der Waals surface area contributed by atoms with Crippen molar-refractivity contribution in [2.75, 3.05) is 6.54 Å². The van der Waals surface area contributed by atoms with Gasteiger partial charge in [-0.1, -0.05) is 34.1 Å². The number of hydrogen-bond donors (Lipinski definition) is 2. The first-order valence-corrected chi connectivity index (χ1v) is 9.10. The van der Waals surface area contributed by atoms with Crippen LogP contribution in [0.3, 0.4) is 0 Å². The molecule has 5 rings (SSSR count). The summed E-state index contributed by atoms with van der Waals surface area (Å²) in [4.78, 5) is 3.57. The van der Waals surface area contributed by atoms with Crippen molar-refractivity contribution in [3.8, 4) is 0 Å². The van der Waals surface area contributed by atoms with E-state index >= 15 is 0 Å². The second kappa shape index (κ2) is 5.53. The van der Waals surface area contributed by atoms with Crippen LogP contribution in [0.25, 0.3) is 0 Å². The van der Waals surface area contributed by atoms with E-state index in [0.29, 0.717) is 5.92 Å². The van der Waals surface area contributed by atoms with Crippen LogP contribution in [0.2, 0.25) is 0 Å². The highest BCUT2D eigenvalue weighted by Gasteiger charge is 2.36. The highest BCUT2D eigenvalue weighted by molar-refractivity contribution is 9.10. The van der Waals surface area contributed by atoms with Gasteiger partial charge in [0.2, 0.25) is 0 Å². The second-order valence-corrected chi connectivity index (χ2v) is 7.35. The Morgan fingerprint density at radius 3 is 2.88 bits per heavy atom. The van der Waals surface area contributed by atoms with Crippen LogP contribution in [-0.2, 0) is 12.8 Å². The molecule has 2 aliphatic rings. The lowest BCUT2D eigenvalue weighted by molar-refractivity contribution is 0.511. The minimum atomic E-state index is 0.145. The van der Waals surface area contributed by atoms with Crippen molar-refractivity contribution >= 4 is 15.9 Å². The van der Waals surface area contributed by atoms with E-state index in [-0.39, 0.29) is 6.04 Å². The second-order valence-electron chi connectivity index (χ2n) is 6.50. The largest absolute Gasteiger partial charge is 0.364 e. The Hall–Kier alpha value is -1.98. The van der Waals surface area contributed by atoms with Crippen LogP contribution in [0.1, 0.15) is 45.6 Å². The minimum Gasteiger partial charge on any atom is -0.364 e. The van der Waals surface area contributed by atoms with Gasteiger partial charge < -0.3 is 10.3 Å². The molecule has 3 heterocycles. The molecule has 2 N–H and O–H groups in total. The summed E-state index contributed by atoms with van der Waals surface area (Å²) >= 11 is 3.71. The molecule has 1 aromatic carbocycles. The molecule has 1 aliphatic carbocycles. The fourth-order valence-corrected chi connectivity index (χ4v) is 4.68. The van der Waals surface area contributed by atoms with Crippen molar-refractivity contribution in [3.63, 3.8) is 0 Å². The van der Waals surface area contributed by atoms with Crippen molar-refractivity contribution in [1.82, 2.24) is 20.5 Å². The third-order valence-electron chi connectivity index (χ3n) is 5.26. The van der Waals surface area contributed by atoms with Crippen molar-refractivity contribution in [3.05, 3.63) is 80.8 Å². The van der Waals surface area contributed by atoms with Crippen molar-refractivity contribution in [1.29, 1.82) is 0 Å². The highest BCUT2D eigenvalue weighted by Crippen LogP contribution is 2.42. The van der Waals surface area contributed by atoms with Gasteiger partial charge in [0, 0.05) is 35.0 Å². The molecule has 0 saturated carbocycles. The van der Waals surface area contributed by atoms with Gasteiger partial charge in [-0.25, -0.2) is 0 Å². The highest BCUT2D eigenvalue weighted by atomic mass is 79.9. The zero-order valence-electron chi connectivity index (χ0n) is 13.1. The Balaban J connectivity index is 1.67. The minimum absolute atomic E-state index is 0.145. The first kappa shape index (κ1) is 14.4. The molecule has 0 spiro atoms. The number of nitrogens with one attached hydrogen (secondary N) is 2. The standard InChI is InChI=1S/C19H17BrN4/c20-15-4-2-1-3-13(15)14-10-22-19-16-12(9-21-18(14)16)6-5-11-7-8-23-24-17(11)19/h1-4,7-9,14,19,21-22H,5-6,10H2. The SMILES string of the molecule is Brc1ccccc1C1CNC2c3nnccc3CCc3c[nH]c1c32. The molecule has 120 valence electrons.